The average Bonchev–Trinajstić information content (AvgIpc) is 3.00. The number of rotatable bonds is 7. The second-order valence-electron chi connectivity index (χ2n) is 5.14. The number of hydrogen-bond donors (Lipinski definition) is 2. The van der Waals surface area contributed by atoms with E-state index < -0.39 is 0 Å². The maximum absolute atomic E-state index is 11.4. The molecule has 0 bridgehead atoms. The van der Waals surface area contributed by atoms with E-state index in [9.17, 15) is 4.79 Å². The lowest BCUT2D eigenvalue weighted by Gasteiger charge is -2.24. The molecule has 16 heavy (non-hydrogen) atoms. The van der Waals surface area contributed by atoms with Crippen LogP contribution >= 0.6 is 0 Å². The van der Waals surface area contributed by atoms with Crippen molar-refractivity contribution >= 4 is 6.03 Å². The summed E-state index contributed by atoms with van der Waals surface area (Å²) in [5.74, 6) is 0.785. The Bertz CT molecular complexity index is 225. The zero-order valence-electron chi connectivity index (χ0n) is 10.6. The van der Waals surface area contributed by atoms with Crippen LogP contribution in [0.3, 0.4) is 0 Å². The SMILES string of the molecule is CCC(C)(C)NC(=O)NCCOCC1CC1. The maximum atomic E-state index is 11.4. The number of hydrogen-bond acceptors (Lipinski definition) is 2. The summed E-state index contributed by atoms with van der Waals surface area (Å²) in [5, 5.41) is 5.70. The standard InChI is InChI=1S/C12H24N2O2/c1-4-12(2,3)14-11(15)13-7-8-16-9-10-5-6-10/h10H,4-9H2,1-3H3,(H2,13,14,15). The van der Waals surface area contributed by atoms with Crippen LogP contribution in [-0.2, 0) is 4.74 Å². The molecule has 0 saturated heterocycles. The van der Waals surface area contributed by atoms with Gasteiger partial charge in [0.15, 0.2) is 0 Å². The quantitative estimate of drug-likeness (QED) is 0.654. The first kappa shape index (κ1) is 13.3. The fraction of sp³-hybridized carbons (Fsp3) is 0.917. The van der Waals surface area contributed by atoms with Gasteiger partial charge in [0.25, 0.3) is 0 Å². The third kappa shape index (κ3) is 5.95. The normalized spacial score (nSPS) is 15.9. The van der Waals surface area contributed by atoms with E-state index in [0.29, 0.717) is 13.2 Å². The lowest BCUT2D eigenvalue weighted by atomic mass is 10.0. The Morgan fingerprint density at radius 3 is 2.69 bits per heavy atom. The highest BCUT2D eigenvalue weighted by Crippen LogP contribution is 2.28. The summed E-state index contributed by atoms with van der Waals surface area (Å²) in [6.45, 7) is 8.12. The molecule has 1 saturated carbocycles. The fourth-order valence-electron chi connectivity index (χ4n) is 1.21. The second kappa shape index (κ2) is 6.09. The van der Waals surface area contributed by atoms with Crippen LogP contribution in [-0.4, -0.2) is 31.3 Å². The molecule has 4 heteroatoms. The van der Waals surface area contributed by atoms with Gasteiger partial charge in [-0.25, -0.2) is 4.79 Å². The van der Waals surface area contributed by atoms with Gasteiger partial charge in [0, 0.05) is 18.7 Å². The molecule has 1 aliphatic rings. The van der Waals surface area contributed by atoms with E-state index in [1.165, 1.54) is 12.8 Å². The molecule has 0 aromatic heterocycles. The zero-order chi connectivity index (χ0) is 12.0. The van der Waals surface area contributed by atoms with Crippen LogP contribution in [0.15, 0.2) is 0 Å². The van der Waals surface area contributed by atoms with Crippen molar-refractivity contribution in [2.45, 2.75) is 45.6 Å². The van der Waals surface area contributed by atoms with Crippen molar-refractivity contribution in [3.63, 3.8) is 0 Å². The van der Waals surface area contributed by atoms with Crippen molar-refractivity contribution in [3.8, 4) is 0 Å². The van der Waals surface area contributed by atoms with Crippen molar-refractivity contribution in [1.29, 1.82) is 0 Å². The fourth-order valence-corrected chi connectivity index (χ4v) is 1.21. The van der Waals surface area contributed by atoms with E-state index in [-0.39, 0.29) is 11.6 Å². The molecular weight excluding hydrogens is 204 g/mol. The van der Waals surface area contributed by atoms with Crippen LogP contribution in [0.2, 0.25) is 0 Å². The van der Waals surface area contributed by atoms with Crippen molar-refractivity contribution in [3.05, 3.63) is 0 Å². The van der Waals surface area contributed by atoms with Crippen LogP contribution < -0.4 is 10.6 Å². The second-order valence-corrected chi connectivity index (χ2v) is 5.14. The van der Waals surface area contributed by atoms with Crippen LogP contribution in [0.5, 0.6) is 0 Å². The van der Waals surface area contributed by atoms with Crippen molar-refractivity contribution in [1.82, 2.24) is 10.6 Å². The Morgan fingerprint density at radius 1 is 1.44 bits per heavy atom. The third-order valence-electron chi connectivity index (χ3n) is 2.92. The molecule has 0 atom stereocenters. The molecule has 1 aliphatic carbocycles. The average molecular weight is 228 g/mol. The highest BCUT2D eigenvalue weighted by molar-refractivity contribution is 5.74. The molecule has 2 amide bonds. The van der Waals surface area contributed by atoms with Crippen LogP contribution in [0.1, 0.15) is 40.0 Å². The summed E-state index contributed by atoms with van der Waals surface area (Å²) < 4.78 is 5.42. The van der Waals surface area contributed by atoms with E-state index in [1.54, 1.807) is 0 Å². The Kier molecular flexibility index (Phi) is 5.06. The first-order valence-corrected chi connectivity index (χ1v) is 6.17. The molecule has 4 nitrogen and oxygen atoms in total. The number of ether oxygens (including phenoxy) is 1. The van der Waals surface area contributed by atoms with E-state index in [4.69, 9.17) is 4.74 Å². The van der Waals surface area contributed by atoms with Crippen LogP contribution in [0.25, 0.3) is 0 Å². The minimum absolute atomic E-state index is 0.109. The van der Waals surface area contributed by atoms with Crippen LogP contribution in [0, 0.1) is 5.92 Å². The van der Waals surface area contributed by atoms with Crippen molar-refractivity contribution in [2.24, 2.45) is 5.92 Å². The highest BCUT2D eigenvalue weighted by Gasteiger charge is 2.21. The first-order chi connectivity index (χ1) is 7.53. The van der Waals surface area contributed by atoms with Gasteiger partial charge in [-0.15, -0.1) is 0 Å². The van der Waals surface area contributed by atoms with E-state index in [2.05, 4.69) is 17.6 Å². The minimum Gasteiger partial charge on any atom is -0.379 e. The lowest BCUT2D eigenvalue weighted by Crippen LogP contribution is -2.48. The summed E-state index contributed by atoms with van der Waals surface area (Å²) in [4.78, 5) is 11.4. The van der Waals surface area contributed by atoms with Gasteiger partial charge in [-0.1, -0.05) is 6.92 Å². The van der Waals surface area contributed by atoms with E-state index >= 15 is 0 Å². The Morgan fingerprint density at radius 2 is 2.12 bits per heavy atom. The number of carbonyl (C=O) groups is 1. The predicted octanol–water partition coefficient (Wildman–Crippen LogP) is 1.90. The molecule has 2 N–H and O–H groups in total. The first-order valence-electron chi connectivity index (χ1n) is 6.17. The van der Waals surface area contributed by atoms with Gasteiger partial charge in [0.05, 0.1) is 6.61 Å². The molecule has 0 aromatic carbocycles. The number of urea groups is 1. The van der Waals surface area contributed by atoms with Gasteiger partial charge in [-0.3, -0.25) is 0 Å². The summed E-state index contributed by atoms with van der Waals surface area (Å²) in [6, 6.07) is -0.109. The molecular formula is C12H24N2O2. The Labute approximate surface area is 98.1 Å². The van der Waals surface area contributed by atoms with E-state index in [0.717, 1.165) is 18.9 Å². The topological polar surface area (TPSA) is 50.4 Å². The summed E-state index contributed by atoms with van der Waals surface area (Å²) >= 11 is 0. The van der Waals surface area contributed by atoms with E-state index in [1.807, 2.05) is 13.8 Å². The largest absolute Gasteiger partial charge is 0.379 e. The Balaban J connectivity index is 1.96. The minimum atomic E-state index is -0.140. The van der Waals surface area contributed by atoms with Gasteiger partial charge >= 0.3 is 6.03 Å². The van der Waals surface area contributed by atoms with Gasteiger partial charge in [0.2, 0.25) is 0 Å². The Hall–Kier alpha value is -0.770. The lowest BCUT2D eigenvalue weighted by molar-refractivity contribution is 0.126. The van der Waals surface area contributed by atoms with Gasteiger partial charge in [-0.05, 0) is 39.0 Å². The summed E-state index contributed by atoms with van der Waals surface area (Å²) in [7, 11) is 0. The third-order valence-corrected chi connectivity index (χ3v) is 2.92. The summed E-state index contributed by atoms with van der Waals surface area (Å²) in [5.41, 5.74) is -0.140. The molecule has 1 fully saturated rings. The molecule has 0 aromatic rings. The van der Waals surface area contributed by atoms with Gasteiger partial charge in [-0.2, -0.15) is 0 Å². The van der Waals surface area contributed by atoms with Crippen molar-refractivity contribution < 1.29 is 9.53 Å². The van der Waals surface area contributed by atoms with Gasteiger partial charge in [0.1, 0.15) is 0 Å². The predicted molar refractivity (Wildman–Crippen MR) is 64.4 cm³/mol. The number of nitrogens with one attached hydrogen (secondary N) is 2. The summed E-state index contributed by atoms with van der Waals surface area (Å²) in [6.07, 6.45) is 3.52. The van der Waals surface area contributed by atoms with Crippen molar-refractivity contribution in [2.75, 3.05) is 19.8 Å². The molecule has 1 rings (SSSR count). The monoisotopic (exact) mass is 228 g/mol. The number of amides is 2. The molecule has 0 spiro atoms. The number of carbonyl (C=O) groups excluding carboxylic acids is 1. The zero-order valence-corrected chi connectivity index (χ0v) is 10.6. The molecule has 94 valence electrons. The molecule has 0 aliphatic heterocycles. The van der Waals surface area contributed by atoms with Crippen LogP contribution in [0.4, 0.5) is 4.79 Å². The highest BCUT2D eigenvalue weighted by atomic mass is 16.5. The molecule has 0 radical (unpaired) electrons. The molecule has 0 unspecified atom stereocenters. The maximum Gasteiger partial charge on any atom is 0.315 e. The molecule has 0 heterocycles. The smallest absolute Gasteiger partial charge is 0.315 e. The van der Waals surface area contributed by atoms with Gasteiger partial charge < -0.3 is 15.4 Å².